The first-order valence-electron chi connectivity index (χ1n) is 5.10. The number of likely N-dealkylation sites (N-methyl/N-ethyl adjacent to an activating group) is 2. The maximum absolute atomic E-state index is 3.26. The molecule has 3 heteroatoms. The SMILES string of the molecule is CCCC(CNC)N(C)CCSC. The van der Waals surface area contributed by atoms with Crippen LogP contribution in [0, 0.1) is 0 Å². The highest BCUT2D eigenvalue weighted by atomic mass is 32.2. The first-order valence-corrected chi connectivity index (χ1v) is 6.49. The second-order valence-electron chi connectivity index (χ2n) is 3.47. The number of thioether (sulfide) groups is 1. The van der Waals surface area contributed by atoms with E-state index in [9.17, 15) is 0 Å². The summed E-state index contributed by atoms with van der Waals surface area (Å²) in [6.45, 7) is 4.57. The van der Waals surface area contributed by atoms with Crippen molar-refractivity contribution in [1.29, 1.82) is 0 Å². The maximum atomic E-state index is 3.26. The molecule has 0 aliphatic carbocycles. The average Bonchev–Trinajstić information content (AvgIpc) is 2.14. The van der Waals surface area contributed by atoms with Crippen molar-refractivity contribution in [2.45, 2.75) is 25.8 Å². The van der Waals surface area contributed by atoms with Crippen molar-refractivity contribution in [2.75, 3.05) is 39.2 Å². The van der Waals surface area contributed by atoms with Gasteiger partial charge in [-0.05, 0) is 26.8 Å². The van der Waals surface area contributed by atoms with Gasteiger partial charge in [-0.1, -0.05) is 13.3 Å². The van der Waals surface area contributed by atoms with E-state index in [4.69, 9.17) is 0 Å². The van der Waals surface area contributed by atoms with Gasteiger partial charge in [0.2, 0.25) is 0 Å². The molecule has 1 atom stereocenters. The molecule has 0 fully saturated rings. The second kappa shape index (κ2) is 8.85. The molecule has 0 saturated heterocycles. The normalized spacial score (nSPS) is 13.6. The lowest BCUT2D eigenvalue weighted by Gasteiger charge is -2.27. The van der Waals surface area contributed by atoms with Crippen LogP contribution < -0.4 is 5.32 Å². The predicted molar refractivity (Wildman–Crippen MR) is 63.6 cm³/mol. The van der Waals surface area contributed by atoms with Gasteiger partial charge in [0.05, 0.1) is 0 Å². The molecule has 0 aromatic rings. The van der Waals surface area contributed by atoms with Crippen LogP contribution in [0.4, 0.5) is 0 Å². The van der Waals surface area contributed by atoms with Crippen LogP contribution in [0.1, 0.15) is 19.8 Å². The van der Waals surface area contributed by atoms with E-state index in [2.05, 4.69) is 30.4 Å². The Labute approximate surface area is 87.5 Å². The van der Waals surface area contributed by atoms with Crippen LogP contribution in [-0.4, -0.2) is 50.1 Å². The van der Waals surface area contributed by atoms with Crippen LogP contribution in [-0.2, 0) is 0 Å². The van der Waals surface area contributed by atoms with E-state index in [1.807, 2.05) is 18.8 Å². The van der Waals surface area contributed by atoms with Gasteiger partial charge in [0.25, 0.3) is 0 Å². The average molecular weight is 204 g/mol. The summed E-state index contributed by atoms with van der Waals surface area (Å²) in [6.07, 6.45) is 4.74. The lowest BCUT2D eigenvalue weighted by Crippen LogP contribution is -2.40. The van der Waals surface area contributed by atoms with Crippen LogP contribution in [0.2, 0.25) is 0 Å². The molecule has 0 aliphatic rings. The largest absolute Gasteiger partial charge is 0.318 e. The summed E-state index contributed by atoms with van der Waals surface area (Å²) in [7, 11) is 4.26. The summed E-state index contributed by atoms with van der Waals surface area (Å²) in [5, 5.41) is 3.26. The van der Waals surface area contributed by atoms with E-state index in [0.717, 1.165) is 6.54 Å². The highest BCUT2D eigenvalue weighted by molar-refractivity contribution is 7.98. The van der Waals surface area contributed by atoms with Gasteiger partial charge in [-0.3, -0.25) is 0 Å². The minimum Gasteiger partial charge on any atom is -0.318 e. The third kappa shape index (κ3) is 6.36. The zero-order valence-corrected chi connectivity index (χ0v) is 10.3. The van der Waals surface area contributed by atoms with Crippen LogP contribution in [0.3, 0.4) is 0 Å². The van der Waals surface area contributed by atoms with E-state index >= 15 is 0 Å². The molecule has 0 aromatic carbocycles. The summed E-state index contributed by atoms with van der Waals surface area (Å²) in [5.74, 6) is 1.24. The molecule has 0 spiro atoms. The zero-order chi connectivity index (χ0) is 10.1. The molecule has 0 bridgehead atoms. The van der Waals surface area contributed by atoms with Gasteiger partial charge in [0.1, 0.15) is 0 Å². The first kappa shape index (κ1) is 13.3. The summed E-state index contributed by atoms with van der Waals surface area (Å²) >= 11 is 1.92. The smallest absolute Gasteiger partial charge is 0.0217 e. The van der Waals surface area contributed by atoms with E-state index in [1.54, 1.807) is 0 Å². The number of nitrogens with one attached hydrogen (secondary N) is 1. The molecule has 1 N–H and O–H groups in total. The van der Waals surface area contributed by atoms with Crippen LogP contribution in [0.15, 0.2) is 0 Å². The van der Waals surface area contributed by atoms with Gasteiger partial charge in [0.15, 0.2) is 0 Å². The van der Waals surface area contributed by atoms with Crippen LogP contribution >= 0.6 is 11.8 Å². The maximum Gasteiger partial charge on any atom is 0.0217 e. The van der Waals surface area contributed by atoms with Crippen molar-refractivity contribution < 1.29 is 0 Å². The lowest BCUT2D eigenvalue weighted by molar-refractivity contribution is 0.238. The number of rotatable bonds is 8. The Morgan fingerprint density at radius 3 is 2.62 bits per heavy atom. The third-order valence-corrected chi connectivity index (χ3v) is 2.92. The van der Waals surface area contributed by atoms with Gasteiger partial charge in [-0.2, -0.15) is 11.8 Å². The zero-order valence-electron chi connectivity index (χ0n) is 9.47. The Bertz CT molecular complexity index is 103. The minimum atomic E-state index is 0.710. The van der Waals surface area contributed by atoms with Crippen molar-refractivity contribution >= 4 is 11.8 Å². The summed E-state index contributed by atoms with van der Waals surface area (Å²) < 4.78 is 0. The molecule has 0 aliphatic heterocycles. The third-order valence-electron chi connectivity index (χ3n) is 2.33. The number of hydrogen-bond acceptors (Lipinski definition) is 3. The monoisotopic (exact) mass is 204 g/mol. The molecule has 0 heterocycles. The minimum absolute atomic E-state index is 0.710. The van der Waals surface area contributed by atoms with Crippen molar-refractivity contribution in [1.82, 2.24) is 10.2 Å². The lowest BCUT2D eigenvalue weighted by atomic mass is 10.1. The summed E-state index contributed by atoms with van der Waals surface area (Å²) in [4.78, 5) is 2.47. The Morgan fingerprint density at radius 2 is 2.15 bits per heavy atom. The fraction of sp³-hybridized carbons (Fsp3) is 1.00. The number of hydrogen-bond donors (Lipinski definition) is 1. The van der Waals surface area contributed by atoms with E-state index in [0.29, 0.717) is 6.04 Å². The van der Waals surface area contributed by atoms with E-state index < -0.39 is 0 Å². The van der Waals surface area contributed by atoms with Gasteiger partial charge in [-0.25, -0.2) is 0 Å². The molecule has 0 saturated carbocycles. The quantitative estimate of drug-likeness (QED) is 0.647. The molecular weight excluding hydrogens is 180 g/mol. The Morgan fingerprint density at radius 1 is 1.46 bits per heavy atom. The molecule has 1 unspecified atom stereocenters. The number of nitrogens with zero attached hydrogens (tertiary/aromatic N) is 1. The molecule has 0 aromatic heterocycles. The molecule has 80 valence electrons. The van der Waals surface area contributed by atoms with Crippen molar-refractivity contribution in [3.05, 3.63) is 0 Å². The second-order valence-corrected chi connectivity index (χ2v) is 4.46. The van der Waals surface area contributed by atoms with Crippen LogP contribution in [0.25, 0.3) is 0 Å². The van der Waals surface area contributed by atoms with E-state index in [-0.39, 0.29) is 0 Å². The first-order chi connectivity index (χ1) is 6.26. The summed E-state index contributed by atoms with van der Waals surface area (Å²) in [5.41, 5.74) is 0. The fourth-order valence-corrected chi connectivity index (χ4v) is 1.94. The van der Waals surface area contributed by atoms with Gasteiger partial charge < -0.3 is 10.2 Å². The molecule has 2 nitrogen and oxygen atoms in total. The molecule has 0 amide bonds. The molecule has 0 rings (SSSR count). The van der Waals surface area contributed by atoms with Crippen molar-refractivity contribution in [3.63, 3.8) is 0 Å². The summed E-state index contributed by atoms with van der Waals surface area (Å²) in [6, 6.07) is 0.710. The van der Waals surface area contributed by atoms with Crippen molar-refractivity contribution in [3.8, 4) is 0 Å². The van der Waals surface area contributed by atoms with Crippen molar-refractivity contribution in [2.24, 2.45) is 0 Å². The Kier molecular flexibility index (Phi) is 9.03. The molecule has 0 radical (unpaired) electrons. The highest BCUT2D eigenvalue weighted by Gasteiger charge is 2.11. The molecular formula is C10H24N2S. The Balaban J connectivity index is 3.72. The van der Waals surface area contributed by atoms with Gasteiger partial charge in [-0.15, -0.1) is 0 Å². The highest BCUT2D eigenvalue weighted by Crippen LogP contribution is 2.05. The Hall–Kier alpha value is 0.270. The standard InChI is InChI=1S/C10H24N2S/c1-5-6-10(9-11-2)12(3)7-8-13-4/h10-11H,5-9H2,1-4H3. The molecule has 13 heavy (non-hydrogen) atoms. The van der Waals surface area contributed by atoms with Gasteiger partial charge in [0, 0.05) is 24.9 Å². The predicted octanol–water partition coefficient (Wildman–Crippen LogP) is 1.67. The van der Waals surface area contributed by atoms with Crippen LogP contribution in [0.5, 0.6) is 0 Å². The fourth-order valence-electron chi connectivity index (χ4n) is 1.46. The topological polar surface area (TPSA) is 15.3 Å². The van der Waals surface area contributed by atoms with Gasteiger partial charge >= 0.3 is 0 Å². The van der Waals surface area contributed by atoms with E-state index in [1.165, 1.54) is 25.1 Å².